The number of carbonyl (C=O) groups is 2. The molecule has 2 bridgehead atoms. The molecule has 5 unspecified atom stereocenters. The van der Waals surface area contributed by atoms with Gasteiger partial charge in [-0.25, -0.2) is 5.48 Å². The van der Waals surface area contributed by atoms with Crippen molar-refractivity contribution in [1.29, 1.82) is 0 Å². The summed E-state index contributed by atoms with van der Waals surface area (Å²) in [5.41, 5.74) is 8.54. The number of carbonyl (C=O) groups excluding carboxylic acids is 2. The highest BCUT2D eigenvalue weighted by molar-refractivity contribution is 5.76. The molecule has 2 amide bonds. The molecule has 2 heterocycles. The van der Waals surface area contributed by atoms with Gasteiger partial charge in [0.1, 0.15) is 0 Å². The highest BCUT2D eigenvalue weighted by Gasteiger charge is 2.50. The third kappa shape index (κ3) is 10.1. The minimum atomic E-state index is -0.495. The van der Waals surface area contributed by atoms with Crippen LogP contribution < -0.4 is 10.8 Å². The van der Waals surface area contributed by atoms with Gasteiger partial charge in [0, 0.05) is 50.5 Å². The Morgan fingerprint density at radius 2 is 1.54 bits per heavy atom. The van der Waals surface area contributed by atoms with Crippen LogP contribution in [0.2, 0.25) is 0 Å². The van der Waals surface area contributed by atoms with E-state index >= 15 is 0 Å². The third-order valence-corrected chi connectivity index (χ3v) is 11.2. The maximum absolute atomic E-state index is 12.5. The van der Waals surface area contributed by atoms with Crippen LogP contribution in [0.3, 0.4) is 0 Å². The fourth-order valence-electron chi connectivity index (χ4n) is 9.05. The number of nitrogens with one attached hydrogen (secondary N) is 2. The Labute approximate surface area is 309 Å². The van der Waals surface area contributed by atoms with E-state index in [4.69, 9.17) is 14.7 Å². The molecule has 0 aromatic heterocycles. The van der Waals surface area contributed by atoms with Crippen molar-refractivity contribution >= 4 is 11.8 Å². The van der Waals surface area contributed by atoms with Crippen LogP contribution in [0.5, 0.6) is 0 Å². The van der Waals surface area contributed by atoms with Crippen molar-refractivity contribution in [2.45, 2.75) is 123 Å². The van der Waals surface area contributed by atoms with Crippen molar-refractivity contribution in [2.24, 2.45) is 10.8 Å². The highest BCUT2D eigenvalue weighted by atomic mass is 16.7. The number of fused-ring (bicyclic) bond motifs is 2. The molecule has 9 heteroatoms. The number of amides is 2. The normalized spacial score (nSPS) is 25.5. The summed E-state index contributed by atoms with van der Waals surface area (Å²) in [4.78, 5) is 26.2. The summed E-state index contributed by atoms with van der Waals surface area (Å²) >= 11 is 0. The van der Waals surface area contributed by atoms with Crippen LogP contribution in [0.15, 0.2) is 72.8 Å². The average molecular weight is 712 g/mol. The van der Waals surface area contributed by atoms with Crippen molar-refractivity contribution in [3.8, 4) is 11.1 Å². The van der Waals surface area contributed by atoms with Crippen molar-refractivity contribution in [3.63, 3.8) is 0 Å². The van der Waals surface area contributed by atoms with E-state index < -0.39 is 6.29 Å². The van der Waals surface area contributed by atoms with Crippen LogP contribution >= 0.6 is 0 Å². The Morgan fingerprint density at radius 3 is 2.25 bits per heavy atom. The summed E-state index contributed by atoms with van der Waals surface area (Å²) in [5, 5.41) is 21.2. The predicted octanol–water partition coefficient (Wildman–Crippen LogP) is 7.75. The molecule has 2 saturated heterocycles. The molecular weight excluding hydrogens is 654 g/mol. The second-order valence-corrected chi connectivity index (χ2v) is 16.5. The fourth-order valence-corrected chi connectivity index (χ4v) is 9.05. The van der Waals surface area contributed by atoms with Crippen LogP contribution in [0.1, 0.15) is 120 Å². The van der Waals surface area contributed by atoms with Crippen LogP contribution in [0.25, 0.3) is 11.1 Å². The number of hydrogen-bond donors (Lipinski definition) is 4. The predicted molar refractivity (Wildman–Crippen MR) is 201 cm³/mol. The number of hydrogen-bond acceptors (Lipinski definition) is 7. The number of aliphatic hydroxyl groups excluding tert-OH is 1. The summed E-state index contributed by atoms with van der Waals surface area (Å²) < 4.78 is 13.5. The van der Waals surface area contributed by atoms with E-state index in [9.17, 15) is 14.7 Å². The molecule has 3 aromatic carbocycles. The second-order valence-electron chi connectivity index (χ2n) is 16.5. The zero-order valence-corrected chi connectivity index (χ0v) is 31.1. The molecule has 52 heavy (non-hydrogen) atoms. The lowest BCUT2D eigenvalue weighted by Crippen LogP contribution is -2.42. The van der Waals surface area contributed by atoms with Gasteiger partial charge in [-0.15, -0.1) is 0 Å². The van der Waals surface area contributed by atoms with Gasteiger partial charge < -0.3 is 19.9 Å². The topological polar surface area (TPSA) is 120 Å². The van der Waals surface area contributed by atoms with Crippen molar-refractivity contribution in [1.82, 2.24) is 15.7 Å². The number of aliphatic hydroxyl groups is 1. The summed E-state index contributed by atoms with van der Waals surface area (Å²) in [7, 11) is 0. The number of hydroxylamine groups is 1. The molecule has 6 rings (SSSR count). The SMILES string of the molecule is CC1(C)CC2CC(C)(CN2CC2CC(c3ccc(CO)cc3)OC(c3ccc(-c4cccc(CNC(=O)CCCCCCC(=O)NO)c4)cc3)O2)C1. The fraction of sp³-hybridized carbons (Fsp3) is 0.535. The lowest BCUT2D eigenvalue weighted by Gasteiger charge is -2.41. The van der Waals surface area contributed by atoms with Crippen molar-refractivity contribution < 1.29 is 29.4 Å². The second kappa shape index (κ2) is 17.0. The third-order valence-electron chi connectivity index (χ3n) is 11.2. The average Bonchev–Trinajstić information content (AvgIpc) is 3.38. The van der Waals surface area contributed by atoms with Crippen LogP contribution in [-0.4, -0.2) is 52.3 Å². The van der Waals surface area contributed by atoms with E-state index in [1.807, 2.05) is 24.3 Å². The summed E-state index contributed by atoms with van der Waals surface area (Å²) in [6.45, 7) is 9.80. The van der Waals surface area contributed by atoms with Crippen LogP contribution in [0.4, 0.5) is 0 Å². The van der Waals surface area contributed by atoms with Gasteiger partial charge in [-0.3, -0.25) is 19.7 Å². The number of nitrogens with zero attached hydrogens (tertiary/aromatic N) is 1. The first-order valence-electron chi connectivity index (χ1n) is 19.1. The van der Waals surface area contributed by atoms with Crippen LogP contribution in [0, 0.1) is 10.8 Å². The molecule has 9 nitrogen and oxygen atoms in total. The van der Waals surface area contributed by atoms with Gasteiger partial charge in [-0.1, -0.05) is 100 Å². The Morgan fingerprint density at radius 1 is 0.827 bits per heavy atom. The monoisotopic (exact) mass is 711 g/mol. The molecule has 0 spiro atoms. The smallest absolute Gasteiger partial charge is 0.243 e. The number of benzene rings is 3. The van der Waals surface area contributed by atoms with Gasteiger partial charge in [0.25, 0.3) is 0 Å². The van der Waals surface area contributed by atoms with Crippen LogP contribution in [-0.2, 0) is 32.2 Å². The quantitative estimate of drug-likeness (QED) is 0.0723. The molecule has 3 aromatic rings. The molecule has 1 saturated carbocycles. The molecule has 2 aliphatic heterocycles. The number of likely N-dealkylation sites (tertiary alicyclic amines) is 1. The number of ether oxygens (including phenoxy) is 2. The first-order valence-corrected chi connectivity index (χ1v) is 19.1. The molecule has 1 aliphatic carbocycles. The molecule has 280 valence electrons. The van der Waals surface area contributed by atoms with E-state index in [1.165, 1.54) is 19.3 Å². The van der Waals surface area contributed by atoms with E-state index in [-0.39, 0.29) is 30.6 Å². The largest absolute Gasteiger partial charge is 0.392 e. The number of rotatable bonds is 15. The van der Waals surface area contributed by atoms with E-state index in [0.717, 1.165) is 72.2 Å². The first kappa shape index (κ1) is 38.1. The highest BCUT2D eigenvalue weighted by Crippen LogP contribution is 2.53. The summed E-state index contributed by atoms with van der Waals surface area (Å²) in [6.07, 6.45) is 7.88. The molecule has 3 aliphatic rings. The maximum Gasteiger partial charge on any atom is 0.243 e. The Kier molecular flexibility index (Phi) is 12.5. The summed E-state index contributed by atoms with van der Waals surface area (Å²) in [5.74, 6) is -0.358. The van der Waals surface area contributed by atoms with Crippen molar-refractivity contribution in [3.05, 3.63) is 95.1 Å². The molecule has 3 fully saturated rings. The Bertz CT molecular complexity index is 1640. The van der Waals surface area contributed by atoms with E-state index in [1.54, 1.807) is 5.48 Å². The Hall–Kier alpha value is -3.60. The van der Waals surface area contributed by atoms with Gasteiger partial charge in [-0.2, -0.15) is 0 Å². The van der Waals surface area contributed by atoms with Gasteiger partial charge in [0.05, 0.1) is 18.8 Å². The van der Waals surface area contributed by atoms with Gasteiger partial charge in [0.2, 0.25) is 11.8 Å². The van der Waals surface area contributed by atoms with Gasteiger partial charge in [0.15, 0.2) is 6.29 Å². The van der Waals surface area contributed by atoms with Gasteiger partial charge in [-0.05, 0) is 76.8 Å². The molecular formula is C43H57N3O6. The summed E-state index contributed by atoms with van der Waals surface area (Å²) in [6, 6.07) is 25.4. The van der Waals surface area contributed by atoms with E-state index in [2.05, 4.69) is 79.5 Å². The molecule has 4 N–H and O–H groups in total. The standard InChI is InChI=1S/C43H57N3O6/c1-42(2)23-36-24-43(3,28-42)29-46(36)26-37-22-38(33-15-13-30(27-47)14-16-33)52-41(51-37)34-19-17-32(18-20-34)35-10-8-9-31(21-35)25-44-39(48)11-6-4-5-7-12-40(49)45-50/h8-10,13-21,36-38,41,47,50H,4-7,11-12,22-29H2,1-3H3,(H,44,48)(H,45,49). The zero-order chi connectivity index (χ0) is 36.7. The molecule has 0 radical (unpaired) electrons. The first-order chi connectivity index (χ1) is 25.0. The number of unbranched alkanes of at least 4 members (excludes halogenated alkanes) is 3. The molecule has 5 atom stereocenters. The minimum absolute atomic E-state index is 0.0158. The maximum atomic E-state index is 12.5. The van der Waals surface area contributed by atoms with E-state index in [0.29, 0.717) is 42.7 Å². The minimum Gasteiger partial charge on any atom is -0.392 e. The Balaban J connectivity index is 1.08. The zero-order valence-electron chi connectivity index (χ0n) is 31.1. The lowest BCUT2D eigenvalue weighted by atomic mass is 9.65. The van der Waals surface area contributed by atoms with Crippen molar-refractivity contribution in [2.75, 3.05) is 13.1 Å². The van der Waals surface area contributed by atoms with Gasteiger partial charge >= 0.3 is 0 Å². The lowest BCUT2D eigenvalue weighted by molar-refractivity contribution is -0.253.